The zero-order chi connectivity index (χ0) is 17.5. The average Bonchev–Trinajstić information content (AvgIpc) is 2.68. The molecule has 0 spiro atoms. The second kappa shape index (κ2) is 8.83. The third-order valence-electron chi connectivity index (χ3n) is 4.37. The number of nitrogens with one attached hydrogen (secondary N) is 1. The lowest BCUT2D eigenvalue weighted by Crippen LogP contribution is -2.36. The number of thiocarbonyl (C=S) groups is 1. The van der Waals surface area contributed by atoms with Crippen molar-refractivity contribution < 1.29 is 4.74 Å². The van der Waals surface area contributed by atoms with Crippen LogP contribution in [0, 0.1) is 0 Å². The van der Waals surface area contributed by atoms with Crippen LogP contribution in [0.1, 0.15) is 11.1 Å². The first-order chi connectivity index (χ1) is 12.2. The number of anilines is 1. The zero-order valence-corrected chi connectivity index (χ0v) is 15.5. The Morgan fingerprint density at radius 3 is 2.40 bits per heavy atom. The molecule has 0 bridgehead atoms. The summed E-state index contributed by atoms with van der Waals surface area (Å²) < 4.78 is 5.41. The molecule has 0 saturated carbocycles. The number of ether oxygens (including phenoxy) is 1. The number of rotatable bonds is 5. The van der Waals surface area contributed by atoms with Gasteiger partial charge in [0.2, 0.25) is 0 Å². The lowest BCUT2D eigenvalue weighted by atomic mass is 10.2. The van der Waals surface area contributed by atoms with Crippen molar-refractivity contribution in [2.75, 3.05) is 38.3 Å². The van der Waals surface area contributed by atoms with Crippen LogP contribution in [-0.2, 0) is 17.8 Å². The molecule has 1 heterocycles. The van der Waals surface area contributed by atoms with Crippen LogP contribution in [0.2, 0.25) is 0 Å². The number of benzene rings is 2. The number of nitrogens with zero attached hydrogens (tertiary/aromatic N) is 2. The lowest BCUT2D eigenvalue weighted by Gasteiger charge is -2.29. The summed E-state index contributed by atoms with van der Waals surface area (Å²) in [6, 6.07) is 19.0. The lowest BCUT2D eigenvalue weighted by molar-refractivity contribution is 0.122. The number of hydrogen-bond donors (Lipinski definition) is 1. The summed E-state index contributed by atoms with van der Waals surface area (Å²) in [6.45, 7) is 5.10. The minimum atomic E-state index is 0.750. The third-order valence-corrected chi connectivity index (χ3v) is 4.82. The average molecular weight is 356 g/mol. The molecule has 4 nitrogen and oxygen atoms in total. The van der Waals surface area contributed by atoms with E-state index in [9.17, 15) is 0 Å². The quantitative estimate of drug-likeness (QED) is 0.833. The molecule has 0 unspecified atom stereocenters. The minimum Gasteiger partial charge on any atom is -0.378 e. The Hall–Kier alpha value is -2.11. The highest BCUT2D eigenvalue weighted by atomic mass is 32.1. The Balaban J connectivity index is 1.49. The highest BCUT2D eigenvalue weighted by molar-refractivity contribution is 7.80. The number of morpholine rings is 1. The van der Waals surface area contributed by atoms with E-state index in [2.05, 4.69) is 51.5 Å². The van der Waals surface area contributed by atoms with Gasteiger partial charge in [0.1, 0.15) is 0 Å². The maximum absolute atomic E-state index is 5.50. The second-order valence-corrected chi connectivity index (χ2v) is 6.65. The van der Waals surface area contributed by atoms with Crippen molar-refractivity contribution >= 4 is 23.0 Å². The van der Waals surface area contributed by atoms with Gasteiger partial charge in [0.25, 0.3) is 0 Å². The molecule has 0 amide bonds. The van der Waals surface area contributed by atoms with Crippen LogP contribution in [0.3, 0.4) is 0 Å². The third kappa shape index (κ3) is 5.18. The van der Waals surface area contributed by atoms with Gasteiger partial charge in [-0.2, -0.15) is 0 Å². The predicted octanol–water partition coefficient (Wildman–Crippen LogP) is 3.03. The van der Waals surface area contributed by atoms with Crippen molar-refractivity contribution in [1.29, 1.82) is 0 Å². The molecule has 2 aromatic rings. The molecule has 25 heavy (non-hydrogen) atoms. The van der Waals surface area contributed by atoms with E-state index in [-0.39, 0.29) is 0 Å². The second-order valence-electron chi connectivity index (χ2n) is 6.27. The number of hydrogen-bond acceptors (Lipinski definition) is 3. The van der Waals surface area contributed by atoms with E-state index in [1.807, 2.05) is 25.2 Å². The Morgan fingerprint density at radius 2 is 1.72 bits per heavy atom. The highest BCUT2D eigenvalue weighted by Crippen LogP contribution is 2.17. The van der Waals surface area contributed by atoms with Crippen LogP contribution in [0.15, 0.2) is 54.6 Å². The van der Waals surface area contributed by atoms with Crippen LogP contribution < -0.4 is 10.2 Å². The van der Waals surface area contributed by atoms with E-state index in [1.165, 1.54) is 16.8 Å². The van der Waals surface area contributed by atoms with Crippen LogP contribution >= 0.6 is 12.2 Å². The van der Waals surface area contributed by atoms with Gasteiger partial charge in [0.15, 0.2) is 5.11 Å². The van der Waals surface area contributed by atoms with Gasteiger partial charge >= 0.3 is 0 Å². The fraction of sp³-hybridized carbons (Fsp3) is 0.350. The minimum absolute atomic E-state index is 0.750. The van der Waals surface area contributed by atoms with E-state index in [4.69, 9.17) is 17.0 Å². The molecule has 1 saturated heterocycles. The first-order valence-electron chi connectivity index (χ1n) is 8.67. The molecule has 1 fully saturated rings. The molecule has 1 aliphatic heterocycles. The summed E-state index contributed by atoms with van der Waals surface area (Å²) in [5, 5.41) is 4.08. The van der Waals surface area contributed by atoms with Crippen molar-refractivity contribution in [1.82, 2.24) is 10.2 Å². The Morgan fingerprint density at radius 1 is 1.04 bits per heavy atom. The van der Waals surface area contributed by atoms with E-state index >= 15 is 0 Å². The summed E-state index contributed by atoms with van der Waals surface area (Å²) in [7, 11) is 2.02. The standard InChI is InChI=1S/C20H25N3OS/c1-22(20(25)21-15-17-5-3-2-4-6-17)16-18-7-9-19(10-8-18)23-11-13-24-14-12-23/h2-10H,11-16H2,1H3,(H,21,25). The molecule has 1 aliphatic rings. The maximum Gasteiger partial charge on any atom is 0.169 e. The topological polar surface area (TPSA) is 27.7 Å². The molecule has 0 radical (unpaired) electrons. The molecular formula is C20H25N3OS. The van der Waals surface area contributed by atoms with Crippen molar-refractivity contribution in [3.63, 3.8) is 0 Å². The van der Waals surface area contributed by atoms with Gasteiger partial charge in [0.05, 0.1) is 13.2 Å². The van der Waals surface area contributed by atoms with Gasteiger partial charge < -0.3 is 19.9 Å². The molecule has 1 N–H and O–H groups in total. The largest absolute Gasteiger partial charge is 0.378 e. The molecule has 0 atom stereocenters. The molecule has 3 rings (SSSR count). The van der Waals surface area contributed by atoms with Crippen molar-refractivity contribution in [3.8, 4) is 0 Å². The normalized spacial score (nSPS) is 14.2. The summed E-state index contributed by atoms with van der Waals surface area (Å²) in [5.74, 6) is 0. The summed E-state index contributed by atoms with van der Waals surface area (Å²) in [5.41, 5.74) is 3.75. The molecule has 132 valence electrons. The fourth-order valence-corrected chi connectivity index (χ4v) is 3.02. The Bertz CT molecular complexity index is 669. The van der Waals surface area contributed by atoms with Gasteiger partial charge in [-0.25, -0.2) is 0 Å². The van der Waals surface area contributed by atoms with Crippen LogP contribution in [0.4, 0.5) is 5.69 Å². The van der Waals surface area contributed by atoms with Gasteiger partial charge in [-0.05, 0) is 35.5 Å². The molecule has 2 aromatic carbocycles. The van der Waals surface area contributed by atoms with Crippen LogP contribution in [-0.4, -0.2) is 43.4 Å². The van der Waals surface area contributed by atoms with Gasteiger partial charge in [-0.3, -0.25) is 0 Å². The van der Waals surface area contributed by atoms with Crippen molar-refractivity contribution in [2.45, 2.75) is 13.1 Å². The maximum atomic E-state index is 5.50. The molecular weight excluding hydrogens is 330 g/mol. The van der Waals surface area contributed by atoms with E-state index in [0.29, 0.717) is 0 Å². The first kappa shape index (κ1) is 17.7. The predicted molar refractivity (Wildman–Crippen MR) is 107 cm³/mol. The summed E-state index contributed by atoms with van der Waals surface area (Å²) in [6.07, 6.45) is 0. The molecule has 5 heteroatoms. The SMILES string of the molecule is CN(Cc1ccc(N2CCOCC2)cc1)C(=S)NCc1ccccc1. The van der Waals surface area contributed by atoms with E-state index in [0.717, 1.165) is 44.5 Å². The van der Waals surface area contributed by atoms with Crippen molar-refractivity contribution in [2.24, 2.45) is 0 Å². The van der Waals surface area contributed by atoms with Gasteiger partial charge in [0, 0.05) is 38.9 Å². The van der Waals surface area contributed by atoms with E-state index < -0.39 is 0 Å². The summed E-state index contributed by atoms with van der Waals surface area (Å²) in [4.78, 5) is 4.44. The van der Waals surface area contributed by atoms with Gasteiger partial charge in [-0.15, -0.1) is 0 Å². The van der Waals surface area contributed by atoms with E-state index in [1.54, 1.807) is 0 Å². The monoisotopic (exact) mass is 355 g/mol. The molecule has 0 aliphatic carbocycles. The van der Waals surface area contributed by atoms with Crippen LogP contribution in [0.25, 0.3) is 0 Å². The van der Waals surface area contributed by atoms with Crippen molar-refractivity contribution in [3.05, 3.63) is 65.7 Å². The zero-order valence-electron chi connectivity index (χ0n) is 14.6. The smallest absolute Gasteiger partial charge is 0.169 e. The van der Waals surface area contributed by atoms with Gasteiger partial charge in [-0.1, -0.05) is 42.5 Å². The Labute approximate surface area is 155 Å². The Kier molecular flexibility index (Phi) is 6.25. The highest BCUT2D eigenvalue weighted by Gasteiger charge is 2.11. The first-order valence-corrected chi connectivity index (χ1v) is 9.08. The summed E-state index contributed by atoms with van der Waals surface area (Å²) >= 11 is 5.50. The molecule has 0 aromatic heterocycles. The fourth-order valence-electron chi connectivity index (χ4n) is 2.89. The van der Waals surface area contributed by atoms with Crippen LogP contribution in [0.5, 0.6) is 0 Å².